The number of carbonyl (C=O) groups excluding carboxylic acids is 3. The number of carbonyl (C=O) groups is 3. The molecule has 0 aliphatic carbocycles. The molecule has 3 heterocycles. The molecular weight excluding hydrogens is 464 g/mol. The Bertz CT molecular complexity index is 1300. The van der Waals surface area contributed by atoms with Gasteiger partial charge in [0.2, 0.25) is 11.8 Å². The molecule has 10 heteroatoms. The zero-order chi connectivity index (χ0) is 26.0. The van der Waals surface area contributed by atoms with Crippen LogP contribution in [0.3, 0.4) is 0 Å². The zero-order valence-electron chi connectivity index (χ0n) is 21.1. The molecule has 0 radical (unpaired) electrons. The van der Waals surface area contributed by atoms with Crippen molar-refractivity contribution >= 4 is 28.9 Å². The fourth-order valence-electron chi connectivity index (χ4n) is 4.50. The number of nitrogens with zero attached hydrogens (tertiary/aromatic N) is 3. The molecule has 192 valence electrons. The number of likely N-dealkylation sites (tertiary alicyclic amines) is 1. The number of nitrogens with one attached hydrogen (secondary N) is 1. The van der Waals surface area contributed by atoms with Crippen LogP contribution in [0.5, 0.6) is 0 Å². The van der Waals surface area contributed by atoms with Crippen molar-refractivity contribution in [2.45, 2.75) is 64.2 Å². The molecule has 2 aliphatic heterocycles. The molecule has 0 bridgehead atoms. The Morgan fingerprint density at radius 3 is 2.50 bits per heavy atom. The van der Waals surface area contributed by atoms with E-state index < -0.39 is 17.6 Å². The van der Waals surface area contributed by atoms with E-state index in [0.717, 1.165) is 18.4 Å². The SMILES string of the molecule is Cn1c(=O)n(C2CCC(=O)NC2=O)c2ccc(C#CCOC3CCN(C(=O)OC(C)(C)C)CC3)cc21. The lowest BCUT2D eigenvalue weighted by Crippen LogP contribution is -2.44. The van der Waals surface area contributed by atoms with Crippen LogP contribution < -0.4 is 11.0 Å². The van der Waals surface area contributed by atoms with Gasteiger partial charge in [0.1, 0.15) is 18.2 Å². The molecule has 2 saturated heterocycles. The molecule has 36 heavy (non-hydrogen) atoms. The van der Waals surface area contributed by atoms with Crippen molar-refractivity contribution in [3.05, 3.63) is 34.2 Å². The molecule has 0 saturated carbocycles. The second-order valence-corrected chi connectivity index (χ2v) is 10.2. The maximum atomic E-state index is 12.9. The number of benzene rings is 1. The summed E-state index contributed by atoms with van der Waals surface area (Å²) in [5.74, 6) is 5.31. The summed E-state index contributed by atoms with van der Waals surface area (Å²) in [5.41, 5.74) is 1.18. The van der Waals surface area contributed by atoms with E-state index in [-0.39, 0.29) is 36.8 Å². The van der Waals surface area contributed by atoms with Gasteiger partial charge in [-0.2, -0.15) is 0 Å². The molecule has 4 rings (SSSR count). The quantitative estimate of drug-likeness (QED) is 0.515. The summed E-state index contributed by atoms with van der Waals surface area (Å²) < 4.78 is 14.2. The lowest BCUT2D eigenvalue weighted by molar-refractivity contribution is -0.135. The Morgan fingerprint density at radius 2 is 1.83 bits per heavy atom. The number of amides is 3. The van der Waals surface area contributed by atoms with E-state index in [4.69, 9.17) is 9.47 Å². The van der Waals surface area contributed by atoms with Gasteiger partial charge in [0.25, 0.3) is 0 Å². The van der Waals surface area contributed by atoms with Crippen LogP contribution in [0.1, 0.15) is 58.1 Å². The predicted molar refractivity (Wildman–Crippen MR) is 132 cm³/mol. The highest BCUT2D eigenvalue weighted by molar-refractivity contribution is 6.00. The molecule has 1 N–H and O–H groups in total. The van der Waals surface area contributed by atoms with E-state index in [9.17, 15) is 19.2 Å². The van der Waals surface area contributed by atoms with E-state index in [0.29, 0.717) is 30.5 Å². The van der Waals surface area contributed by atoms with Crippen molar-refractivity contribution in [3.63, 3.8) is 0 Å². The molecule has 2 fully saturated rings. The van der Waals surface area contributed by atoms with Gasteiger partial charge in [-0.05, 0) is 58.2 Å². The summed E-state index contributed by atoms with van der Waals surface area (Å²) >= 11 is 0. The molecule has 1 aromatic carbocycles. The highest BCUT2D eigenvalue weighted by atomic mass is 16.6. The lowest BCUT2D eigenvalue weighted by Gasteiger charge is -2.33. The van der Waals surface area contributed by atoms with Crippen LogP contribution >= 0.6 is 0 Å². The summed E-state index contributed by atoms with van der Waals surface area (Å²) in [4.78, 5) is 50.6. The van der Waals surface area contributed by atoms with Crippen LogP contribution in [0, 0.1) is 11.8 Å². The Morgan fingerprint density at radius 1 is 1.11 bits per heavy atom. The third-order valence-corrected chi connectivity index (χ3v) is 6.33. The maximum absolute atomic E-state index is 12.9. The Kier molecular flexibility index (Phi) is 7.22. The number of ether oxygens (including phenoxy) is 2. The highest BCUT2D eigenvalue weighted by Crippen LogP contribution is 2.23. The van der Waals surface area contributed by atoms with Crippen LogP contribution in [-0.4, -0.2) is 63.3 Å². The van der Waals surface area contributed by atoms with Crippen LogP contribution in [-0.2, 0) is 26.1 Å². The topological polar surface area (TPSA) is 112 Å². The van der Waals surface area contributed by atoms with Crippen molar-refractivity contribution in [1.29, 1.82) is 0 Å². The fraction of sp³-hybridized carbons (Fsp3) is 0.538. The van der Waals surface area contributed by atoms with Gasteiger partial charge in [-0.3, -0.25) is 24.0 Å². The molecule has 2 aliphatic rings. The standard InChI is InChI=1S/C26H32N4O6/c1-26(2,3)36-25(34)29-13-11-18(12-14-29)35-15-5-6-17-7-8-19-21(16-17)28(4)24(33)30(19)20-9-10-22(31)27-23(20)32/h7-8,16,18,20H,9-15H2,1-4H3,(H,27,31,32). The summed E-state index contributed by atoms with van der Waals surface area (Å²) in [5, 5.41) is 2.31. The minimum Gasteiger partial charge on any atom is -0.444 e. The minimum atomic E-state index is -0.717. The van der Waals surface area contributed by atoms with Crippen LogP contribution in [0.4, 0.5) is 4.79 Å². The van der Waals surface area contributed by atoms with Gasteiger partial charge in [-0.1, -0.05) is 11.8 Å². The number of aromatic nitrogens is 2. The van der Waals surface area contributed by atoms with Crippen LogP contribution in [0.15, 0.2) is 23.0 Å². The summed E-state index contributed by atoms with van der Waals surface area (Å²) in [6.45, 7) is 6.98. The van der Waals surface area contributed by atoms with E-state index in [1.54, 1.807) is 24.1 Å². The van der Waals surface area contributed by atoms with Crippen molar-refractivity contribution < 1.29 is 23.9 Å². The van der Waals surface area contributed by atoms with Crippen molar-refractivity contribution in [1.82, 2.24) is 19.4 Å². The predicted octanol–water partition coefficient (Wildman–Crippen LogP) is 2.09. The van der Waals surface area contributed by atoms with Gasteiger partial charge in [-0.15, -0.1) is 0 Å². The number of rotatable bonds is 3. The van der Waals surface area contributed by atoms with E-state index in [1.807, 2.05) is 26.8 Å². The number of aryl methyl sites for hydroxylation is 1. The molecular formula is C26H32N4O6. The number of imide groups is 1. The normalized spacial score (nSPS) is 19.1. The fourth-order valence-corrected chi connectivity index (χ4v) is 4.50. The molecule has 10 nitrogen and oxygen atoms in total. The Hall–Kier alpha value is -3.58. The Balaban J connectivity index is 1.36. The molecule has 1 atom stereocenters. The average molecular weight is 497 g/mol. The maximum Gasteiger partial charge on any atom is 0.410 e. The van der Waals surface area contributed by atoms with Crippen LogP contribution in [0.2, 0.25) is 0 Å². The number of hydrogen-bond donors (Lipinski definition) is 1. The Labute approximate surface area is 209 Å². The van der Waals surface area contributed by atoms with E-state index in [1.165, 1.54) is 9.13 Å². The smallest absolute Gasteiger partial charge is 0.410 e. The van der Waals surface area contributed by atoms with Crippen molar-refractivity contribution in [3.8, 4) is 11.8 Å². The lowest BCUT2D eigenvalue weighted by atomic mass is 10.1. The van der Waals surface area contributed by atoms with Crippen LogP contribution in [0.25, 0.3) is 11.0 Å². The summed E-state index contributed by atoms with van der Waals surface area (Å²) in [6, 6.07) is 4.67. The third kappa shape index (κ3) is 5.62. The van der Waals surface area contributed by atoms with E-state index in [2.05, 4.69) is 17.2 Å². The number of hydrogen-bond acceptors (Lipinski definition) is 6. The first-order valence-corrected chi connectivity index (χ1v) is 12.2. The van der Waals surface area contributed by atoms with Gasteiger partial charge >= 0.3 is 11.8 Å². The van der Waals surface area contributed by atoms with Gasteiger partial charge in [0.05, 0.1) is 17.1 Å². The monoisotopic (exact) mass is 496 g/mol. The molecule has 1 aromatic heterocycles. The second kappa shape index (κ2) is 10.2. The zero-order valence-corrected chi connectivity index (χ0v) is 21.1. The first-order valence-electron chi connectivity index (χ1n) is 12.2. The average Bonchev–Trinajstić information content (AvgIpc) is 3.06. The summed E-state index contributed by atoms with van der Waals surface area (Å²) in [7, 11) is 1.65. The van der Waals surface area contributed by atoms with Gasteiger partial charge < -0.3 is 14.4 Å². The molecule has 2 aromatic rings. The highest BCUT2D eigenvalue weighted by Gasteiger charge is 2.31. The van der Waals surface area contributed by atoms with Gasteiger partial charge in [0.15, 0.2) is 0 Å². The van der Waals surface area contributed by atoms with Crippen molar-refractivity contribution in [2.75, 3.05) is 19.7 Å². The van der Waals surface area contributed by atoms with Gasteiger partial charge in [-0.25, -0.2) is 9.59 Å². The molecule has 1 unspecified atom stereocenters. The first kappa shape index (κ1) is 25.5. The molecule has 0 spiro atoms. The van der Waals surface area contributed by atoms with E-state index >= 15 is 0 Å². The van der Waals surface area contributed by atoms with Crippen molar-refractivity contribution in [2.24, 2.45) is 7.05 Å². The largest absolute Gasteiger partial charge is 0.444 e. The minimum absolute atomic E-state index is 0.0313. The summed E-state index contributed by atoms with van der Waals surface area (Å²) in [6.07, 6.45) is 1.68. The third-order valence-electron chi connectivity index (χ3n) is 6.33. The second-order valence-electron chi connectivity index (χ2n) is 10.2. The number of fused-ring (bicyclic) bond motifs is 1. The number of piperidine rings is 2. The molecule has 3 amide bonds. The first-order chi connectivity index (χ1) is 17.0. The van der Waals surface area contributed by atoms with Gasteiger partial charge in [0, 0.05) is 32.1 Å². The number of imidazole rings is 1.